The Morgan fingerprint density at radius 3 is 2.25 bits per heavy atom. The molecule has 0 fully saturated rings. The summed E-state index contributed by atoms with van der Waals surface area (Å²) >= 11 is 0. The Morgan fingerprint density at radius 2 is 1.81 bits per heavy atom. The molecule has 98 valence electrons. The van der Waals surface area contributed by atoms with Crippen molar-refractivity contribution < 1.29 is 0 Å². The fourth-order valence-corrected chi connectivity index (χ4v) is 2.12. The lowest BCUT2D eigenvalue weighted by Gasteiger charge is -2.32. The second-order valence-corrected chi connectivity index (χ2v) is 4.85. The highest BCUT2D eigenvalue weighted by Gasteiger charge is 2.17. The molecular weight excluding hydrogens is 196 g/mol. The van der Waals surface area contributed by atoms with Crippen LogP contribution in [0.5, 0.6) is 0 Å². The number of rotatable bonds is 10. The Bertz CT molecular complexity index is 148. The largest absolute Gasteiger partial charge is 0.315 e. The monoisotopic (exact) mass is 228 g/mol. The molecule has 0 spiro atoms. The lowest BCUT2D eigenvalue weighted by molar-refractivity contribution is 0.165. The van der Waals surface area contributed by atoms with Gasteiger partial charge >= 0.3 is 0 Å². The van der Waals surface area contributed by atoms with Gasteiger partial charge < -0.3 is 5.32 Å². The van der Waals surface area contributed by atoms with Crippen molar-refractivity contribution in [3.63, 3.8) is 0 Å². The molecular formula is C14H32N2. The van der Waals surface area contributed by atoms with Gasteiger partial charge in [-0.3, -0.25) is 4.90 Å². The first-order chi connectivity index (χ1) is 7.69. The van der Waals surface area contributed by atoms with Crippen molar-refractivity contribution in [1.29, 1.82) is 0 Å². The summed E-state index contributed by atoms with van der Waals surface area (Å²) in [6.07, 6.45) is 3.89. The number of likely N-dealkylation sites (N-methyl/N-ethyl adjacent to an activating group) is 2. The molecule has 0 aliphatic carbocycles. The first kappa shape index (κ1) is 15.9. The number of nitrogens with one attached hydrogen (secondary N) is 1. The lowest BCUT2D eigenvalue weighted by Crippen LogP contribution is -2.44. The predicted molar refractivity (Wildman–Crippen MR) is 73.9 cm³/mol. The van der Waals surface area contributed by atoms with Crippen molar-refractivity contribution in [2.75, 3.05) is 26.2 Å². The minimum absolute atomic E-state index is 0.726. The van der Waals surface area contributed by atoms with Crippen molar-refractivity contribution in [2.24, 2.45) is 5.92 Å². The van der Waals surface area contributed by atoms with E-state index in [1.165, 1.54) is 32.4 Å². The molecule has 0 rings (SSSR count). The fraction of sp³-hybridized carbons (Fsp3) is 1.00. The molecule has 16 heavy (non-hydrogen) atoms. The molecule has 0 saturated carbocycles. The van der Waals surface area contributed by atoms with Crippen LogP contribution in [-0.4, -0.2) is 37.1 Å². The van der Waals surface area contributed by atoms with Crippen LogP contribution in [0.4, 0.5) is 0 Å². The van der Waals surface area contributed by atoms with E-state index < -0.39 is 0 Å². The molecule has 0 aromatic heterocycles. The highest BCUT2D eigenvalue weighted by molar-refractivity contribution is 4.74. The third kappa shape index (κ3) is 6.49. The van der Waals surface area contributed by atoms with Crippen LogP contribution in [0.25, 0.3) is 0 Å². The maximum Gasteiger partial charge on any atom is 0.0220 e. The van der Waals surface area contributed by atoms with E-state index in [4.69, 9.17) is 0 Å². The van der Waals surface area contributed by atoms with Crippen LogP contribution < -0.4 is 5.32 Å². The molecule has 1 N–H and O–H groups in total. The SMILES string of the molecule is CCCC(CNCC)N(CC)CC(C)CC. The minimum Gasteiger partial charge on any atom is -0.315 e. The number of nitrogens with zero attached hydrogens (tertiary/aromatic N) is 1. The van der Waals surface area contributed by atoms with E-state index in [9.17, 15) is 0 Å². The Hall–Kier alpha value is -0.0800. The molecule has 2 nitrogen and oxygen atoms in total. The highest BCUT2D eigenvalue weighted by atomic mass is 15.2. The molecule has 0 aliphatic heterocycles. The van der Waals surface area contributed by atoms with Crippen molar-refractivity contribution in [3.8, 4) is 0 Å². The van der Waals surface area contributed by atoms with Crippen molar-refractivity contribution in [3.05, 3.63) is 0 Å². The van der Waals surface area contributed by atoms with E-state index in [1.807, 2.05) is 0 Å². The fourth-order valence-electron chi connectivity index (χ4n) is 2.12. The standard InChI is InChI=1S/C14H32N2/c1-6-10-14(11-15-8-3)16(9-4)12-13(5)7-2/h13-15H,6-12H2,1-5H3. The van der Waals surface area contributed by atoms with Crippen LogP contribution in [0.2, 0.25) is 0 Å². The summed E-state index contributed by atoms with van der Waals surface area (Å²) in [5, 5.41) is 3.50. The zero-order valence-corrected chi connectivity index (χ0v) is 12.1. The van der Waals surface area contributed by atoms with Crippen LogP contribution in [-0.2, 0) is 0 Å². The Balaban J connectivity index is 4.20. The molecule has 0 saturated heterocycles. The molecule has 2 atom stereocenters. The van der Waals surface area contributed by atoms with Crippen molar-refractivity contribution in [1.82, 2.24) is 10.2 Å². The second kappa shape index (κ2) is 10.1. The molecule has 0 radical (unpaired) electrons. The van der Waals surface area contributed by atoms with Gasteiger partial charge in [0.1, 0.15) is 0 Å². The van der Waals surface area contributed by atoms with Gasteiger partial charge in [-0.1, -0.05) is 47.5 Å². The maximum absolute atomic E-state index is 3.50. The topological polar surface area (TPSA) is 15.3 Å². The minimum atomic E-state index is 0.726. The zero-order chi connectivity index (χ0) is 12.4. The average molecular weight is 228 g/mol. The first-order valence-electron chi connectivity index (χ1n) is 7.14. The quantitative estimate of drug-likeness (QED) is 0.618. The van der Waals surface area contributed by atoms with E-state index in [0.29, 0.717) is 0 Å². The Kier molecular flexibility index (Phi) is 10.0. The van der Waals surface area contributed by atoms with E-state index >= 15 is 0 Å². The summed E-state index contributed by atoms with van der Waals surface area (Å²) in [5.41, 5.74) is 0. The van der Waals surface area contributed by atoms with E-state index in [-0.39, 0.29) is 0 Å². The van der Waals surface area contributed by atoms with Crippen LogP contribution in [0.15, 0.2) is 0 Å². The van der Waals surface area contributed by atoms with Gasteiger partial charge in [0.15, 0.2) is 0 Å². The third-order valence-corrected chi connectivity index (χ3v) is 3.42. The summed E-state index contributed by atoms with van der Waals surface area (Å²) in [4.78, 5) is 2.65. The smallest absolute Gasteiger partial charge is 0.0220 e. The molecule has 2 unspecified atom stereocenters. The van der Waals surface area contributed by atoms with Crippen molar-refractivity contribution >= 4 is 0 Å². The van der Waals surface area contributed by atoms with Gasteiger partial charge in [0.05, 0.1) is 0 Å². The van der Waals surface area contributed by atoms with E-state index in [1.54, 1.807) is 0 Å². The van der Waals surface area contributed by atoms with E-state index in [0.717, 1.165) is 25.0 Å². The van der Waals surface area contributed by atoms with Gasteiger partial charge in [0, 0.05) is 19.1 Å². The zero-order valence-electron chi connectivity index (χ0n) is 12.1. The van der Waals surface area contributed by atoms with Gasteiger partial charge in [0.2, 0.25) is 0 Å². The van der Waals surface area contributed by atoms with Crippen LogP contribution in [0, 0.1) is 5.92 Å². The van der Waals surface area contributed by atoms with Crippen LogP contribution in [0.3, 0.4) is 0 Å². The third-order valence-electron chi connectivity index (χ3n) is 3.42. The van der Waals surface area contributed by atoms with Gasteiger partial charge in [-0.25, -0.2) is 0 Å². The normalized spacial score (nSPS) is 15.4. The molecule has 0 heterocycles. The Morgan fingerprint density at radius 1 is 1.12 bits per heavy atom. The second-order valence-electron chi connectivity index (χ2n) is 4.85. The summed E-state index contributed by atoms with van der Waals surface area (Å²) in [6.45, 7) is 16.1. The van der Waals surface area contributed by atoms with Crippen LogP contribution in [0.1, 0.15) is 53.9 Å². The highest BCUT2D eigenvalue weighted by Crippen LogP contribution is 2.11. The molecule has 0 aromatic rings. The summed E-state index contributed by atoms with van der Waals surface area (Å²) in [7, 11) is 0. The molecule has 2 heteroatoms. The predicted octanol–water partition coefficient (Wildman–Crippen LogP) is 3.13. The molecule has 0 bridgehead atoms. The van der Waals surface area contributed by atoms with Gasteiger partial charge in [-0.2, -0.15) is 0 Å². The maximum atomic E-state index is 3.50. The van der Waals surface area contributed by atoms with Crippen molar-refractivity contribution in [2.45, 2.75) is 59.9 Å². The summed E-state index contributed by atoms with van der Waals surface area (Å²) in [6, 6.07) is 0.726. The first-order valence-corrected chi connectivity index (χ1v) is 7.14. The lowest BCUT2D eigenvalue weighted by atomic mass is 10.0. The summed E-state index contributed by atoms with van der Waals surface area (Å²) in [5.74, 6) is 0.820. The van der Waals surface area contributed by atoms with E-state index in [2.05, 4.69) is 44.8 Å². The average Bonchev–Trinajstić information content (AvgIpc) is 2.31. The van der Waals surface area contributed by atoms with Crippen LogP contribution >= 0.6 is 0 Å². The van der Waals surface area contributed by atoms with Gasteiger partial charge in [0.25, 0.3) is 0 Å². The number of hydrogen-bond acceptors (Lipinski definition) is 2. The summed E-state index contributed by atoms with van der Waals surface area (Å²) < 4.78 is 0. The van der Waals surface area contributed by atoms with Gasteiger partial charge in [-0.15, -0.1) is 0 Å². The molecule has 0 aromatic carbocycles. The molecule has 0 amide bonds. The Labute approximate surface area is 103 Å². The number of hydrogen-bond donors (Lipinski definition) is 1. The molecule has 0 aliphatic rings. The van der Waals surface area contributed by atoms with Gasteiger partial charge in [-0.05, 0) is 25.4 Å².